The molecular weight excluding hydrogens is 571 g/mol. The van der Waals surface area contributed by atoms with E-state index in [0.717, 1.165) is 5.56 Å². The third kappa shape index (κ3) is 6.65. The van der Waals surface area contributed by atoms with Crippen LogP contribution in [0.4, 0.5) is 11.4 Å². The number of amides is 1. The predicted octanol–water partition coefficient (Wildman–Crippen LogP) is 7.13. The summed E-state index contributed by atoms with van der Waals surface area (Å²) >= 11 is 12.3. The van der Waals surface area contributed by atoms with Crippen molar-refractivity contribution in [1.29, 1.82) is 0 Å². The van der Waals surface area contributed by atoms with Gasteiger partial charge in [0.05, 0.1) is 39.9 Å². The molecule has 4 aromatic carbocycles. The largest absolute Gasteiger partial charge is 0.462 e. The number of nitrogens with zero attached hydrogens (tertiary/aromatic N) is 1. The molecule has 0 saturated carbocycles. The molecule has 0 unspecified atom stereocenters. The summed E-state index contributed by atoms with van der Waals surface area (Å²) in [6.45, 7) is 3.71. The monoisotopic (exact) mass is 596 g/mol. The molecule has 0 aliphatic rings. The number of esters is 1. The van der Waals surface area contributed by atoms with Crippen LogP contribution >= 0.6 is 23.2 Å². The van der Waals surface area contributed by atoms with Crippen molar-refractivity contribution in [2.24, 2.45) is 0 Å². The number of sulfonamides is 1. The van der Waals surface area contributed by atoms with E-state index in [9.17, 15) is 18.0 Å². The Bertz CT molecular complexity index is 1640. The number of hydrogen-bond acceptors (Lipinski definition) is 5. The van der Waals surface area contributed by atoms with Gasteiger partial charge >= 0.3 is 5.97 Å². The van der Waals surface area contributed by atoms with Crippen molar-refractivity contribution >= 4 is 56.5 Å². The van der Waals surface area contributed by atoms with Crippen molar-refractivity contribution < 1.29 is 22.7 Å². The lowest BCUT2D eigenvalue weighted by Gasteiger charge is -2.27. The summed E-state index contributed by atoms with van der Waals surface area (Å²) in [6, 6.07) is 24.2. The number of ether oxygens (including phenoxy) is 1. The molecule has 0 spiro atoms. The van der Waals surface area contributed by atoms with E-state index >= 15 is 0 Å². The first-order valence-electron chi connectivity index (χ1n) is 12.3. The maximum Gasteiger partial charge on any atom is 0.339 e. The summed E-state index contributed by atoms with van der Waals surface area (Å²) in [5.41, 5.74) is 2.39. The lowest BCUT2D eigenvalue weighted by Crippen LogP contribution is -2.32. The molecule has 4 aromatic rings. The molecule has 0 saturated heterocycles. The van der Waals surface area contributed by atoms with Gasteiger partial charge in [-0.1, -0.05) is 65.2 Å². The standard InChI is InChI=1S/C30H26Cl2N2O5S/c1-3-39-30(36)25-17-14-23(18-27(25)32)33-29(35)26-6-4-5-7-28(26)34(19-21-10-12-22(31)13-11-21)40(37,38)24-15-8-20(2)9-16-24/h4-18H,3,19H2,1-2H3,(H,33,35). The highest BCUT2D eigenvalue weighted by atomic mass is 35.5. The van der Waals surface area contributed by atoms with Crippen LogP contribution in [-0.2, 0) is 21.3 Å². The zero-order valence-electron chi connectivity index (χ0n) is 21.7. The molecule has 7 nitrogen and oxygen atoms in total. The second-order valence-electron chi connectivity index (χ2n) is 8.84. The number of halogens is 2. The SMILES string of the molecule is CCOC(=O)c1ccc(NC(=O)c2ccccc2N(Cc2ccc(Cl)cc2)S(=O)(=O)c2ccc(C)cc2)cc1Cl. The number of benzene rings is 4. The highest BCUT2D eigenvalue weighted by molar-refractivity contribution is 7.92. The summed E-state index contributed by atoms with van der Waals surface area (Å²) in [6.07, 6.45) is 0. The van der Waals surface area contributed by atoms with Crippen molar-refractivity contribution in [2.45, 2.75) is 25.3 Å². The van der Waals surface area contributed by atoms with Crippen LogP contribution in [0.15, 0.2) is 95.9 Å². The molecule has 1 amide bonds. The van der Waals surface area contributed by atoms with Crippen LogP contribution in [0.1, 0.15) is 38.8 Å². The average molecular weight is 598 g/mol. The van der Waals surface area contributed by atoms with Crippen molar-refractivity contribution in [3.63, 3.8) is 0 Å². The van der Waals surface area contributed by atoms with Gasteiger partial charge < -0.3 is 10.1 Å². The van der Waals surface area contributed by atoms with Crippen molar-refractivity contribution in [3.8, 4) is 0 Å². The van der Waals surface area contributed by atoms with E-state index in [-0.39, 0.29) is 39.9 Å². The molecule has 4 rings (SSSR count). The lowest BCUT2D eigenvalue weighted by molar-refractivity contribution is 0.0526. The molecule has 1 N–H and O–H groups in total. The molecule has 0 heterocycles. The van der Waals surface area contributed by atoms with Gasteiger partial charge in [-0.15, -0.1) is 0 Å². The highest BCUT2D eigenvalue weighted by Crippen LogP contribution is 2.31. The van der Waals surface area contributed by atoms with E-state index in [1.54, 1.807) is 67.6 Å². The second kappa shape index (κ2) is 12.6. The number of nitrogens with one attached hydrogen (secondary N) is 1. The summed E-state index contributed by atoms with van der Waals surface area (Å²) < 4.78 is 34.1. The number of carbonyl (C=O) groups is 2. The van der Waals surface area contributed by atoms with E-state index in [1.807, 2.05) is 6.92 Å². The van der Waals surface area contributed by atoms with E-state index in [1.165, 1.54) is 34.6 Å². The van der Waals surface area contributed by atoms with Crippen LogP contribution in [0.3, 0.4) is 0 Å². The van der Waals surface area contributed by atoms with E-state index < -0.39 is 21.9 Å². The normalized spacial score (nSPS) is 11.1. The third-order valence-corrected chi connectivity index (χ3v) is 8.33. The molecule has 206 valence electrons. The topological polar surface area (TPSA) is 92.8 Å². The molecule has 40 heavy (non-hydrogen) atoms. The van der Waals surface area contributed by atoms with Crippen LogP contribution in [0.25, 0.3) is 0 Å². The van der Waals surface area contributed by atoms with E-state index in [4.69, 9.17) is 27.9 Å². The van der Waals surface area contributed by atoms with Gasteiger partial charge in [-0.3, -0.25) is 9.10 Å². The fourth-order valence-electron chi connectivity index (χ4n) is 3.94. The van der Waals surface area contributed by atoms with E-state index in [0.29, 0.717) is 16.3 Å². The van der Waals surface area contributed by atoms with Crippen LogP contribution in [0.5, 0.6) is 0 Å². The number of anilines is 2. The van der Waals surface area contributed by atoms with Gasteiger partial charge in [0, 0.05) is 10.7 Å². The van der Waals surface area contributed by atoms with Crippen LogP contribution in [-0.4, -0.2) is 26.9 Å². The Hall–Kier alpha value is -3.85. The molecule has 0 aliphatic carbocycles. The fraction of sp³-hybridized carbons (Fsp3) is 0.133. The Morgan fingerprint density at radius 3 is 2.20 bits per heavy atom. The van der Waals surface area contributed by atoms with Gasteiger partial charge in [0.1, 0.15) is 0 Å². The number of rotatable bonds is 9. The number of para-hydroxylation sites is 1. The lowest BCUT2D eigenvalue weighted by atomic mass is 10.1. The molecule has 0 aromatic heterocycles. The first-order valence-corrected chi connectivity index (χ1v) is 14.5. The maximum atomic E-state index is 14.0. The van der Waals surface area contributed by atoms with Crippen LogP contribution in [0, 0.1) is 6.92 Å². The quantitative estimate of drug-likeness (QED) is 0.207. The zero-order chi connectivity index (χ0) is 28.9. The molecule has 0 fully saturated rings. The van der Waals surface area contributed by atoms with Crippen molar-refractivity contribution in [3.05, 3.63) is 123 Å². The molecular formula is C30H26Cl2N2O5S. The smallest absolute Gasteiger partial charge is 0.339 e. The first kappa shape index (κ1) is 29.1. The zero-order valence-corrected chi connectivity index (χ0v) is 24.1. The minimum Gasteiger partial charge on any atom is -0.462 e. The van der Waals surface area contributed by atoms with Crippen LogP contribution in [0.2, 0.25) is 10.0 Å². The third-order valence-electron chi connectivity index (χ3n) is 5.99. The van der Waals surface area contributed by atoms with Gasteiger partial charge in [-0.2, -0.15) is 0 Å². The summed E-state index contributed by atoms with van der Waals surface area (Å²) in [4.78, 5) is 25.7. The minimum absolute atomic E-state index is 0.0439. The summed E-state index contributed by atoms with van der Waals surface area (Å²) in [5.74, 6) is -1.13. The molecule has 0 radical (unpaired) electrons. The van der Waals surface area contributed by atoms with Gasteiger partial charge in [-0.05, 0) is 74.0 Å². The van der Waals surface area contributed by atoms with Crippen molar-refractivity contribution in [2.75, 3.05) is 16.2 Å². The molecule has 0 bridgehead atoms. The number of hydrogen-bond donors (Lipinski definition) is 1. The fourth-order valence-corrected chi connectivity index (χ4v) is 5.80. The van der Waals surface area contributed by atoms with Gasteiger partial charge in [0.2, 0.25) is 0 Å². The minimum atomic E-state index is -4.09. The van der Waals surface area contributed by atoms with Gasteiger partial charge in [-0.25, -0.2) is 13.2 Å². The average Bonchev–Trinajstić information content (AvgIpc) is 2.93. The molecule has 0 aliphatic heterocycles. The Morgan fingerprint density at radius 1 is 0.875 bits per heavy atom. The number of aryl methyl sites for hydroxylation is 1. The maximum absolute atomic E-state index is 14.0. The first-order chi connectivity index (χ1) is 19.1. The Kier molecular flexibility index (Phi) is 9.14. The van der Waals surface area contributed by atoms with Crippen molar-refractivity contribution in [1.82, 2.24) is 0 Å². The van der Waals surface area contributed by atoms with Gasteiger partial charge in [0.25, 0.3) is 15.9 Å². The Balaban J connectivity index is 1.73. The predicted molar refractivity (Wildman–Crippen MR) is 158 cm³/mol. The summed E-state index contributed by atoms with van der Waals surface area (Å²) in [7, 11) is -4.09. The summed E-state index contributed by atoms with van der Waals surface area (Å²) in [5, 5.41) is 3.37. The van der Waals surface area contributed by atoms with Gasteiger partial charge in [0.15, 0.2) is 0 Å². The Morgan fingerprint density at radius 2 is 1.55 bits per heavy atom. The highest BCUT2D eigenvalue weighted by Gasteiger charge is 2.29. The van der Waals surface area contributed by atoms with E-state index in [2.05, 4.69) is 5.32 Å². The van der Waals surface area contributed by atoms with Crippen LogP contribution < -0.4 is 9.62 Å². The molecule has 10 heteroatoms. The second-order valence-corrected chi connectivity index (χ2v) is 11.5. The number of carbonyl (C=O) groups excluding carboxylic acids is 2. The Labute approximate surface area is 243 Å². The molecule has 0 atom stereocenters.